The fraction of sp³-hybridized carbons (Fsp3) is 0.364. The summed E-state index contributed by atoms with van der Waals surface area (Å²) in [6.07, 6.45) is 2.61. The van der Waals surface area contributed by atoms with Gasteiger partial charge in [-0.3, -0.25) is 0 Å². The van der Waals surface area contributed by atoms with Gasteiger partial charge in [-0.2, -0.15) is 0 Å². The summed E-state index contributed by atoms with van der Waals surface area (Å²) in [5, 5.41) is 3.18. The molecule has 0 radical (unpaired) electrons. The largest absolute Gasteiger partial charge is 0.444 e. The summed E-state index contributed by atoms with van der Waals surface area (Å²) < 4.78 is 6.55. The summed E-state index contributed by atoms with van der Waals surface area (Å²) in [5.74, 6) is 0.703. The summed E-state index contributed by atoms with van der Waals surface area (Å²) in [7, 11) is 1.95. The van der Waals surface area contributed by atoms with Crippen molar-refractivity contribution < 1.29 is 4.42 Å². The fourth-order valence-electron chi connectivity index (χ4n) is 1.36. The van der Waals surface area contributed by atoms with Crippen molar-refractivity contribution in [3.05, 3.63) is 27.9 Å². The molecule has 0 spiro atoms. The molecular formula is C11H13BrN2OS. The fourth-order valence-corrected chi connectivity index (χ4v) is 2.68. The van der Waals surface area contributed by atoms with Crippen molar-refractivity contribution in [1.29, 1.82) is 0 Å². The lowest BCUT2D eigenvalue weighted by Crippen LogP contribution is -2.23. The highest BCUT2D eigenvalue weighted by atomic mass is 79.9. The lowest BCUT2D eigenvalue weighted by molar-refractivity contribution is 0.566. The van der Waals surface area contributed by atoms with E-state index in [1.165, 1.54) is 0 Å². The quantitative estimate of drug-likeness (QED) is 0.941. The SMILES string of the molecule is CNC(C)Cc1coc(-c2ccc(Br)s2)n1. The first kappa shape index (κ1) is 11.8. The second-order valence-corrected chi connectivity index (χ2v) is 6.10. The molecule has 86 valence electrons. The van der Waals surface area contributed by atoms with Crippen molar-refractivity contribution in [2.24, 2.45) is 0 Å². The molecule has 2 aromatic heterocycles. The van der Waals surface area contributed by atoms with Gasteiger partial charge >= 0.3 is 0 Å². The van der Waals surface area contributed by atoms with Crippen LogP contribution < -0.4 is 5.32 Å². The maximum absolute atomic E-state index is 5.46. The molecule has 5 heteroatoms. The third-order valence-corrected chi connectivity index (χ3v) is 3.96. The molecule has 0 saturated heterocycles. The number of hydrogen-bond donors (Lipinski definition) is 1. The van der Waals surface area contributed by atoms with E-state index in [-0.39, 0.29) is 0 Å². The minimum Gasteiger partial charge on any atom is -0.444 e. The topological polar surface area (TPSA) is 38.1 Å². The summed E-state index contributed by atoms with van der Waals surface area (Å²) in [5.41, 5.74) is 0.987. The van der Waals surface area contributed by atoms with E-state index in [4.69, 9.17) is 4.42 Å². The first-order chi connectivity index (χ1) is 7.69. The van der Waals surface area contributed by atoms with Crippen molar-refractivity contribution >= 4 is 27.3 Å². The molecule has 0 aliphatic rings. The predicted octanol–water partition coefficient (Wildman–Crippen LogP) is 3.32. The highest BCUT2D eigenvalue weighted by Gasteiger charge is 2.10. The van der Waals surface area contributed by atoms with Gasteiger partial charge in [-0.05, 0) is 42.0 Å². The Bertz CT molecular complexity index is 466. The average Bonchev–Trinajstić information content (AvgIpc) is 2.87. The van der Waals surface area contributed by atoms with Gasteiger partial charge in [0.2, 0.25) is 5.89 Å². The molecule has 16 heavy (non-hydrogen) atoms. The summed E-state index contributed by atoms with van der Waals surface area (Å²) >= 11 is 5.05. The molecule has 0 fully saturated rings. The first-order valence-corrected chi connectivity index (χ1v) is 6.67. The Hall–Kier alpha value is -0.650. The van der Waals surface area contributed by atoms with E-state index in [0.29, 0.717) is 11.9 Å². The number of likely N-dealkylation sites (N-methyl/N-ethyl adjacent to an activating group) is 1. The Balaban J connectivity index is 2.13. The molecule has 1 N–H and O–H groups in total. The Morgan fingerprint density at radius 3 is 3.00 bits per heavy atom. The van der Waals surface area contributed by atoms with Crippen LogP contribution in [0, 0.1) is 0 Å². The molecule has 2 aromatic rings. The summed E-state index contributed by atoms with van der Waals surface area (Å²) in [6.45, 7) is 2.12. The van der Waals surface area contributed by atoms with Gasteiger partial charge in [-0.1, -0.05) is 0 Å². The van der Waals surface area contributed by atoms with Crippen molar-refractivity contribution in [3.63, 3.8) is 0 Å². The minimum atomic E-state index is 0.410. The van der Waals surface area contributed by atoms with E-state index in [2.05, 4.69) is 33.2 Å². The number of thiophene rings is 1. The first-order valence-electron chi connectivity index (χ1n) is 5.06. The molecule has 1 atom stereocenters. The molecule has 3 nitrogen and oxygen atoms in total. The Morgan fingerprint density at radius 2 is 2.38 bits per heavy atom. The highest BCUT2D eigenvalue weighted by molar-refractivity contribution is 9.11. The van der Waals surface area contributed by atoms with Crippen molar-refractivity contribution in [3.8, 4) is 10.8 Å². The third kappa shape index (κ3) is 2.72. The second-order valence-electron chi connectivity index (χ2n) is 3.64. The highest BCUT2D eigenvalue weighted by Crippen LogP contribution is 2.30. The van der Waals surface area contributed by atoms with Gasteiger partial charge in [-0.15, -0.1) is 11.3 Å². The van der Waals surface area contributed by atoms with Crippen LogP contribution in [0.3, 0.4) is 0 Å². The molecule has 0 aliphatic heterocycles. The smallest absolute Gasteiger partial charge is 0.236 e. The van der Waals surface area contributed by atoms with Crippen LogP contribution in [-0.4, -0.2) is 18.1 Å². The van der Waals surface area contributed by atoms with Crippen LogP contribution in [0.5, 0.6) is 0 Å². The van der Waals surface area contributed by atoms with Gasteiger partial charge in [0, 0.05) is 12.5 Å². The zero-order valence-electron chi connectivity index (χ0n) is 9.16. The van der Waals surface area contributed by atoms with Gasteiger partial charge in [0.05, 0.1) is 14.4 Å². The zero-order valence-corrected chi connectivity index (χ0v) is 11.6. The summed E-state index contributed by atoms with van der Waals surface area (Å²) in [6, 6.07) is 4.42. The second kappa shape index (κ2) is 5.12. The van der Waals surface area contributed by atoms with Gasteiger partial charge < -0.3 is 9.73 Å². The molecular weight excluding hydrogens is 288 g/mol. The van der Waals surface area contributed by atoms with E-state index >= 15 is 0 Å². The number of nitrogens with one attached hydrogen (secondary N) is 1. The number of nitrogens with zero attached hydrogens (tertiary/aromatic N) is 1. The van der Waals surface area contributed by atoms with Crippen LogP contribution >= 0.6 is 27.3 Å². The zero-order chi connectivity index (χ0) is 11.5. The lowest BCUT2D eigenvalue weighted by Gasteiger charge is -2.05. The van der Waals surface area contributed by atoms with E-state index in [1.807, 2.05) is 19.2 Å². The third-order valence-electron chi connectivity index (χ3n) is 2.34. The van der Waals surface area contributed by atoms with E-state index < -0.39 is 0 Å². The summed E-state index contributed by atoms with van der Waals surface area (Å²) in [4.78, 5) is 5.52. The van der Waals surface area contributed by atoms with Crippen LogP contribution in [0.2, 0.25) is 0 Å². The standard InChI is InChI=1S/C11H13BrN2OS/c1-7(13-2)5-8-6-15-11(14-8)9-3-4-10(12)16-9/h3-4,6-7,13H,5H2,1-2H3. The van der Waals surface area contributed by atoms with Crippen molar-refractivity contribution in [2.45, 2.75) is 19.4 Å². The average molecular weight is 301 g/mol. The normalized spacial score (nSPS) is 12.9. The predicted molar refractivity (Wildman–Crippen MR) is 69.7 cm³/mol. The van der Waals surface area contributed by atoms with Crippen LogP contribution in [0.4, 0.5) is 0 Å². The van der Waals surface area contributed by atoms with Gasteiger partial charge in [0.1, 0.15) is 6.26 Å². The minimum absolute atomic E-state index is 0.410. The maximum atomic E-state index is 5.46. The Kier molecular flexibility index (Phi) is 3.78. The van der Waals surface area contributed by atoms with Crippen LogP contribution in [0.1, 0.15) is 12.6 Å². The monoisotopic (exact) mass is 300 g/mol. The van der Waals surface area contributed by atoms with Crippen LogP contribution in [0.15, 0.2) is 26.6 Å². The van der Waals surface area contributed by atoms with E-state index in [9.17, 15) is 0 Å². The molecule has 1 unspecified atom stereocenters. The lowest BCUT2D eigenvalue weighted by atomic mass is 10.2. The molecule has 0 aromatic carbocycles. The molecule has 2 rings (SSSR count). The van der Waals surface area contributed by atoms with Gasteiger partial charge in [0.15, 0.2) is 0 Å². The maximum Gasteiger partial charge on any atom is 0.236 e. The Morgan fingerprint density at radius 1 is 1.56 bits per heavy atom. The molecule has 0 bridgehead atoms. The van der Waals surface area contributed by atoms with E-state index in [1.54, 1.807) is 17.6 Å². The van der Waals surface area contributed by atoms with Crippen molar-refractivity contribution in [2.75, 3.05) is 7.05 Å². The number of rotatable bonds is 4. The molecule has 2 heterocycles. The molecule has 0 aliphatic carbocycles. The molecule has 0 saturated carbocycles. The number of hydrogen-bond acceptors (Lipinski definition) is 4. The van der Waals surface area contributed by atoms with Crippen LogP contribution in [-0.2, 0) is 6.42 Å². The molecule has 0 amide bonds. The number of aromatic nitrogens is 1. The van der Waals surface area contributed by atoms with Gasteiger partial charge in [-0.25, -0.2) is 4.98 Å². The van der Waals surface area contributed by atoms with Crippen LogP contribution in [0.25, 0.3) is 10.8 Å². The van der Waals surface area contributed by atoms with Crippen molar-refractivity contribution in [1.82, 2.24) is 10.3 Å². The number of oxazole rings is 1. The Labute approximate surface area is 107 Å². The van der Waals surface area contributed by atoms with Gasteiger partial charge in [0.25, 0.3) is 0 Å². The number of halogens is 1. The van der Waals surface area contributed by atoms with E-state index in [0.717, 1.165) is 20.8 Å².